The summed E-state index contributed by atoms with van der Waals surface area (Å²) in [5, 5.41) is 8.34. The number of anilines is 1. The van der Waals surface area contributed by atoms with E-state index in [-0.39, 0.29) is 0 Å². The Kier molecular flexibility index (Phi) is 4.01. The summed E-state index contributed by atoms with van der Waals surface area (Å²) in [7, 11) is 1.62. The second-order valence-corrected chi connectivity index (χ2v) is 6.40. The number of hydrogen-bond acceptors (Lipinski definition) is 6. The molecule has 7 nitrogen and oxygen atoms in total. The summed E-state index contributed by atoms with van der Waals surface area (Å²) in [6.45, 7) is 7.07. The topological polar surface area (TPSA) is 67.6 Å². The van der Waals surface area contributed by atoms with Crippen LogP contribution in [0, 0.1) is 6.92 Å². The van der Waals surface area contributed by atoms with Gasteiger partial charge in [0.25, 0.3) is 0 Å². The highest BCUT2D eigenvalue weighted by atomic mass is 16.5. The molecule has 0 amide bonds. The Balaban J connectivity index is 1.81. The van der Waals surface area contributed by atoms with E-state index in [1.54, 1.807) is 13.3 Å². The minimum absolute atomic E-state index is 0.458. The zero-order chi connectivity index (χ0) is 17.4. The van der Waals surface area contributed by atoms with E-state index in [2.05, 4.69) is 33.2 Å². The Morgan fingerprint density at radius 1 is 1.28 bits per heavy atom. The van der Waals surface area contributed by atoms with Crippen LogP contribution in [0.2, 0.25) is 0 Å². The lowest BCUT2D eigenvalue weighted by molar-refractivity contribution is 0.398. The van der Waals surface area contributed by atoms with Crippen molar-refractivity contribution < 1.29 is 4.74 Å². The van der Waals surface area contributed by atoms with Crippen LogP contribution in [0.3, 0.4) is 0 Å². The highest BCUT2D eigenvalue weighted by Crippen LogP contribution is 2.27. The van der Waals surface area contributed by atoms with Crippen LogP contribution in [0.15, 0.2) is 30.5 Å². The van der Waals surface area contributed by atoms with E-state index in [1.165, 1.54) is 0 Å². The van der Waals surface area contributed by atoms with Crippen molar-refractivity contribution in [1.82, 2.24) is 24.9 Å². The lowest BCUT2D eigenvalue weighted by Gasteiger charge is -2.32. The largest absolute Gasteiger partial charge is 0.481 e. The number of methoxy groups -OCH3 is 1. The molecule has 1 aliphatic heterocycles. The standard InChI is InChI=1S/C18H22N6O/c1-12-11-23(9-8-19-12)16-5-4-15-21-13(2)18(24(15)22-16)14-6-7-20-17(10-14)25-3/h4-7,10,12,19H,8-9,11H2,1-3H3/t12-/m1/s1. The average Bonchev–Trinajstić information content (AvgIpc) is 2.96. The van der Waals surface area contributed by atoms with E-state index in [4.69, 9.17) is 9.84 Å². The third kappa shape index (κ3) is 2.91. The van der Waals surface area contributed by atoms with Gasteiger partial charge < -0.3 is 15.0 Å². The Morgan fingerprint density at radius 2 is 2.16 bits per heavy atom. The van der Waals surface area contributed by atoms with Crippen molar-refractivity contribution in [2.75, 3.05) is 31.6 Å². The van der Waals surface area contributed by atoms with Crippen LogP contribution in [0.4, 0.5) is 5.82 Å². The number of aromatic nitrogens is 4. The van der Waals surface area contributed by atoms with Gasteiger partial charge in [0.1, 0.15) is 5.82 Å². The third-order valence-electron chi connectivity index (χ3n) is 4.55. The summed E-state index contributed by atoms with van der Waals surface area (Å²) < 4.78 is 7.18. The number of nitrogens with one attached hydrogen (secondary N) is 1. The van der Waals surface area contributed by atoms with Crippen LogP contribution in [0.5, 0.6) is 5.88 Å². The SMILES string of the molecule is COc1cc(-c2c(C)nc3ccc(N4CCN[C@H](C)C4)nn23)ccn1. The molecule has 3 aromatic rings. The Hall–Kier alpha value is -2.67. The third-order valence-corrected chi connectivity index (χ3v) is 4.55. The molecule has 0 saturated carbocycles. The number of hydrogen-bond donors (Lipinski definition) is 1. The number of pyridine rings is 1. The molecule has 3 aromatic heterocycles. The van der Waals surface area contributed by atoms with Crippen molar-refractivity contribution in [3.05, 3.63) is 36.2 Å². The molecular formula is C18H22N6O. The van der Waals surface area contributed by atoms with Gasteiger partial charge >= 0.3 is 0 Å². The lowest BCUT2D eigenvalue weighted by Crippen LogP contribution is -2.49. The second kappa shape index (κ2) is 6.33. The van der Waals surface area contributed by atoms with Gasteiger partial charge in [0.05, 0.1) is 18.5 Å². The van der Waals surface area contributed by atoms with Gasteiger partial charge in [-0.15, -0.1) is 5.10 Å². The quantitative estimate of drug-likeness (QED) is 0.787. The summed E-state index contributed by atoms with van der Waals surface area (Å²) in [5.41, 5.74) is 3.75. The predicted octanol–water partition coefficient (Wildman–Crippen LogP) is 1.91. The predicted molar refractivity (Wildman–Crippen MR) is 97.2 cm³/mol. The summed E-state index contributed by atoms with van der Waals surface area (Å²) in [5.74, 6) is 1.56. The number of fused-ring (bicyclic) bond motifs is 1. The maximum atomic E-state index is 5.26. The molecule has 1 saturated heterocycles. The van der Waals surface area contributed by atoms with E-state index >= 15 is 0 Å². The van der Waals surface area contributed by atoms with E-state index in [0.29, 0.717) is 11.9 Å². The first-order valence-corrected chi connectivity index (χ1v) is 8.51. The fraction of sp³-hybridized carbons (Fsp3) is 0.389. The van der Waals surface area contributed by atoms with Crippen molar-refractivity contribution in [2.24, 2.45) is 0 Å². The minimum Gasteiger partial charge on any atom is -0.481 e. The van der Waals surface area contributed by atoms with Gasteiger partial charge in [-0.2, -0.15) is 0 Å². The molecule has 0 unspecified atom stereocenters. The Morgan fingerprint density at radius 3 is 2.96 bits per heavy atom. The molecule has 0 bridgehead atoms. The maximum Gasteiger partial charge on any atom is 0.213 e. The first-order chi connectivity index (χ1) is 12.2. The molecule has 1 fully saturated rings. The lowest BCUT2D eigenvalue weighted by atomic mass is 10.1. The van der Waals surface area contributed by atoms with E-state index < -0.39 is 0 Å². The van der Waals surface area contributed by atoms with Gasteiger partial charge in [-0.05, 0) is 32.0 Å². The summed E-state index contributed by atoms with van der Waals surface area (Å²) >= 11 is 0. The molecule has 25 heavy (non-hydrogen) atoms. The van der Waals surface area contributed by atoms with Crippen LogP contribution < -0.4 is 15.0 Å². The number of piperazine rings is 1. The van der Waals surface area contributed by atoms with Crippen molar-refractivity contribution in [3.8, 4) is 17.1 Å². The molecule has 1 aliphatic rings. The molecule has 0 spiro atoms. The van der Waals surface area contributed by atoms with Crippen molar-refractivity contribution >= 4 is 11.5 Å². The number of ether oxygens (including phenoxy) is 1. The molecule has 0 aliphatic carbocycles. The van der Waals surface area contributed by atoms with Gasteiger partial charge in [-0.3, -0.25) is 0 Å². The first-order valence-electron chi connectivity index (χ1n) is 8.51. The number of imidazole rings is 1. The van der Waals surface area contributed by atoms with E-state index in [9.17, 15) is 0 Å². The summed E-state index contributed by atoms with van der Waals surface area (Å²) in [4.78, 5) is 11.2. The fourth-order valence-electron chi connectivity index (χ4n) is 3.34. The van der Waals surface area contributed by atoms with Crippen LogP contribution >= 0.6 is 0 Å². The molecule has 4 heterocycles. The number of rotatable bonds is 3. The number of nitrogens with zero attached hydrogens (tertiary/aromatic N) is 5. The van der Waals surface area contributed by atoms with Crippen LogP contribution in [0.25, 0.3) is 16.9 Å². The average molecular weight is 338 g/mol. The van der Waals surface area contributed by atoms with Crippen molar-refractivity contribution in [1.29, 1.82) is 0 Å². The molecule has 1 atom stereocenters. The molecule has 4 rings (SSSR count). The van der Waals surface area contributed by atoms with Crippen LogP contribution in [-0.2, 0) is 0 Å². The molecule has 1 N–H and O–H groups in total. The zero-order valence-corrected chi connectivity index (χ0v) is 14.7. The highest BCUT2D eigenvalue weighted by molar-refractivity contribution is 5.67. The minimum atomic E-state index is 0.458. The number of aryl methyl sites for hydroxylation is 1. The van der Waals surface area contributed by atoms with Crippen molar-refractivity contribution in [3.63, 3.8) is 0 Å². The van der Waals surface area contributed by atoms with Gasteiger partial charge in [0.15, 0.2) is 5.65 Å². The molecule has 0 radical (unpaired) electrons. The van der Waals surface area contributed by atoms with Crippen LogP contribution in [0.1, 0.15) is 12.6 Å². The van der Waals surface area contributed by atoms with Gasteiger partial charge in [-0.1, -0.05) is 0 Å². The van der Waals surface area contributed by atoms with Gasteiger partial charge in [-0.25, -0.2) is 14.5 Å². The molecule has 7 heteroatoms. The van der Waals surface area contributed by atoms with Crippen LogP contribution in [-0.4, -0.2) is 52.4 Å². The maximum absolute atomic E-state index is 5.26. The highest BCUT2D eigenvalue weighted by Gasteiger charge is 2.19. The van der Waals surface area contributed by atoms with Gasteiger partial charge in [0, 0.05) is 43.5 Å². The first kappa shape index (κ1) is 15.8. The summed E-state index contributed by atoms with van der Waals surface area (Å²) in [6.07, 6.45) is 1.74. The van der Waals surface area contributed by atoms with E-state index in [0.717, 1.165) is 48.1 Å². The van der Waals surface area contributed by atoms with Gasteiger partial charge in [0.2, 0.25) is 5.88 Å². The van der Waals surface area contributed by atoms with Crippen molar-refractivity contribution in [2.45, 2.75) is 19.9 Å². The Bertz CT molecular complexity index is 906. The smallest absolute Gasteiger partial charge is 0.213 e. The monoisotopic (exact) mass is 338 g/mol. The fourth-order valence-corrected chi connectivity index (χ4v) is 3.34. The Labute approximate surface area is 146 Å². The molecular weight excluding hydrogens is 316 g/mol. The summed E-state index contributed by atoms with van der Waals surface area (Å²) in [6, 6.07) is 8.41. The molecule has 130 valence electrons. The normalized spacial score (nSPS) is 17.9. The zero-order valence-electron chi connectivity index (χ0n) is 14.7. The van der Waals surface area contributed by atoms with E-state index in [1.807, 2.05) is 29.6 Å². The molecule has 0 aromatic carbocycles. The second-order valence-electron chi connectivity index (χ2n) is 6.40.